The lowest BCUT2D eigenvalue weighted by Crippen LogP contribution is -2.50. The molecule has 0 aliphatic carbocycles. The summed E-state index contributed by atoms with van der Waals surface area (Å²) in [5, 5.41) is 4.03. The van der Waals surface area contributed by atoms with Crippen LogP contribution in [0, 0.1) is 0 Å². The highest BCUT2D eigenvalue weighted by Crippen LogP contribution is 2.44. The lowest BCUT2D eigenvalue weighted by atomic mass is 9.94. The number of fused-ring (bicyclic) bond motifs is 3. The number of carbonyl (C=O) groups excluding carboxylic acids is 1. The van der Waals surface area contributed by atoms with E-state index in [1.54, 1.807) is 0 Å². The van der Waals surface area contributed by atoms with E-state index in [-0.39, 0.29) is 0 Å². The third kappa shape index (κ3) is 2.27. The van der Waals surface area contributed by atoms with Gasteiger partial charge in [0.05, 0.1) is 12.1 Å². The first-order valence-electron chi connectivity index (χ1n) is 6.09. The number of halogens is 3. The average Bonchev–Trinajstić information content (AvgIpc) is 2.74. The van der Waals surface area contributed by atoms with Crippen molar-refractivity contribution >= 4 is 51.6 Å². The SMILES string of the molecule is NC(=O)[C@@H]1Cc2c([nH]c3ccccc23)[C@H](C(Cl)(Cl)Cl)N1. The molecule has 7 heteroatoms. The fraction of sp³-hybridized carbons (Fsp3) is 0.308. The lowest BCUT2D eigenvalue weighted by molar-refractivity contribution is -0.120. The van der Waals surface area contributed by atoms with Crippen molar-refractivity contribution in [3.05, 3.63) is 35.5 Å². The van der Waals surface area contributed by atoms with Gasteiger partial charge in [0, 0.05) is 16.6 Å². The van der Waals surface area contributed by atoms with Crippen molar-refractivity contribution in [2.45, 2.75) is 22.3 Å². The normalized spacial score (nSPS) is 22.8. The van der Waals surface area contributed by atoms with E-state index in [0.717, 1.165) is 22.2 Å². The molecule has 1 aromatic heterocycles. The third-order valence-corrected chi connectivity index (χ3v) is 4.24. The Morgan fingerprint density at radius 1 is 1.30 bits per heavy atom. The molecule has 20 heavy (non-hydrogen) atoms. The van der Waals surface area contributed by atoms with Crippen molar-refractivity contribution in [3.8, 4) is 0 Å². The molecular weight excluding hydrogens is 321 g/mol. The van der Waals surface area contributed by atoms with Gasteiger partial charge in [-0.3, -0.25) is 10.1 Å². The molecule has 0 saturated carbocycles. The molecular formula is C13H12Cl3N3O. The molecule has 2 atom stereocenters. The molecule has 3 rings (SSSR count). The van der Waals surface area contributed by atoms with Crippen LogP contribution in [-0.4, -0.2) is 20.7 Å². The van der Waals surface area contributed by atoms with Gasteiger partial charge in [-0.05, 0) is 18.1 Å². The number of benzene rings is 1. The number of para-hydroxylation sites is 1. The van der Waals surface area contributed by atoms with E-state index in [4.69, 9.17) is 40.5 Å². The maximum absolute atomic E-state index is 11.5. The summed E-state index contributed by atoms with van der Waals surface area (Å²) in [6.45, 7) is 0. The lowest BCUT2D eigenvalue weighted by Gasteiger charge is -2.33. The second-order valence-corrected chi connectivity index (χ2v) is 7.23. The Morgan fingerprint density at radius 3 is 2.65 bits per heavy atom. The maximum atomic E-state index is 11.5. The largest absolute Gasteiger partial charge is 0.368 e. The smallest absolute Gasteiger partial charge is 0.234 e. The molecule has 0 bridgehead atoms. The summed E-state index contributed by atoms with van der Waals surface area (Å²) in [5.41, 5.74) is 8.12. The van der Waals surface area contributed by atoms with E-state index in [9.17, 15) is 4.79 Å². The molecule has 4 N–H and O–H groups in total. The summed E-state index contributed by atoms with van der Waals surface area (Å²) < 4.78 is -1.58. The van der Waals surface area contributed by atoms with E-state index in [1.165, 1.54) is 0 Å². The molecule has 4 nitrogen and oxygen atoms in total. The van der Waals surface area contributed by atoms with E-state index in [0.29, 0.717) is 6.42 Å². The van der Waals surface area contributed by atoms with Gasteiger partial charge in [0.2, 0.25) is 9.70 Å². The van der Waals surface area contributed by atoms with Gasteiger partial charge in [-0.25, -0.2) is 0 Å². The van der Waals surface area contributed by atoms with Crippen LogP contribution in [0.3, 0.4) is 0 Å². The summed E-state index contributed by atoms with van der Waals surface area (Å²) in [5.74, 6) is -0.458. The number of alkyl halides is 3. The van der Waals surface area contributed by atoms with E-state index >= 15 is 0 Å². The molecule has 1 aliphatic rings. The minimum absolute atomic E-state index is 0.458. The minimum atomic E-state index is -1.58. The van der Waals surface area contributed by atoms with Crippen molar-refractivity contribution in [1.82, 2.24) is 10.3 Å². The number of H-pyrrole nitrogens is 1. The van der Waals surface area contributed by atoms with Gasteiger partial charge in [-0.1, -0.05) is 53.0 Å². The van der Waals surface area contributed by atoms with Crippen LogP contribution in [0.2, 0.25) is 0 Å². The highest BCUT2D eigenvalue weighted by Gasteiger charge is 2.42. The van der Waals surface area contributed by atoms with E-state index < -0.39 is 21.8 Å². The van der Waals surface area contributed by atoms with Crippen LogP contribution in [0.4, 0.5) is 0 Å². The molecule has 106 valence electrons. The molecule has 0 radical (unpaired) electrons. The van der Waals surface area contributed by atoms with Gasteiger partial charge in [0.25, 0.3) is 0 Å². The first-order chi connectivity index (χ1) is 9.38. The predicted octanol–water partition coefficient (Wildman–Crippen LogP) is 2.58. The predicted molar refractivity (Wildman–Crippen MR) is 81.2 cm³/mol. The summed E-state index contributed by atoms with van der Waals surface area (Å²) >= 11 is 18.1. The molecule has 0 saturated heterocycles. The van der Waals surface area contributed by atoms with Crippen molar-refractivity contribution in [2.24, 2.45) is 5.73 Å². The summed E-state index contributed by atoms with van der Waals surface area (Å²) in [7, 11) is 0. The second-order valence-electron chi connectivity index (χ2n) is 4.86. The number of primary amides is 1. The molecule has 1 aromatic carbocycles. The van der Waals surface area contributed by atoms with Crippen LogP contribution in [0.25, 0.3) is 10.9 Å². The number of carbonyl (C=O) groups is 1. The maximum Gasteiger partial charge on any atom is 0.234 e. The van der Waals surface area contributed by atoms with Gasteiger partial charge in [-0.15, -0.1) is 0 Å². The standard InChI is InChI=1S/C13H12Cl3N3O/c14-13(15,16)11-10-7(5-9(19-11)12(17)20)6-3-1-2-4-8(6)18-10/h1-4,9,11,18-19H,5H2,(H2,17,20)/t9-,11+/m0/s1. The monoisotopic (exact) mass is 331 g/mol. The summed E-state index contributed by atoms with van der Waals surface area (Å²) in [6, 6.07) is 6.62. The summed E-state index contributed by atoms with van der Waals surface area (Å²) in [6.07, 6.45) is 0.478. The van der Waals surface area contributed by atoms with E-state index in [2.05, 4.69) is 10.3 Å². The number of rotatable bonds is 1. The molecule has 0 unspecified atom stereocenters. The number of aromatic amines is 1. The topological polar surface area (TPSA) is 70.9 Å². The highest BCUT2D eigenvalue weighted by atomic mass is 35.6. The number of nitrogens with two attached hydrogens (primary N) is 1. The summed E-state index contributed by atoms with van der Waals surface area (Å²) in [4.78, 5) is 14.8. The van der Waals surface area contributed by atoms with Crippen molar-refractivity contribution in [3.63, 3.8) is 0 Å². The number of aromatic nitrogens is 1. The Morgan fingerprint density at radius 2 is 2.00 bits per heavy atom. The first kappa shape index (κ1) is 14.0. The fourth-order valence-electron chi connectivity index (χ4n) is 2.68. The Hall–Kier alpha value is -0.940. The average molecular weight is 333 g/mol. The highest BCUT2D eigenvalue weighted by molar-refractivity contribution is 6.68. The van der Waals surface area contributed by atoms with Crippen LogP contribution >= 0.6 is 34.8 Å². The Labute approximate surface area is 130 Å². The van der Waals surface area contributed by atoms with Gasteiger partial charge < -0.3 is 10.7 Å². The van der Waals surface area contributed by atoms with Crippen LogP contribution < -0.4 is 11.1 Å². The van der Waals surface area contributed by atoms with Gasteiger partial charge in [0.1, 0.15) is 0 Å². The van der Waals surface area contributed by atoms with Gasteiger partial charge >= 0.3 is 0 Å². The van der Waals surface area contributed by atoms with Crippen LogP contribution in [0.1, 0.15) is 17.3 Å². The Balaban J connectivity index is 2.19. The zero-order valence-electron chi connectivity index (χ0n) is 10.3. The van der Waals surface area contributed by atoms with Crippen LogP contribution in [-0.2, 0) is 11.2 Å². The zero-order valence-corrected chi connectivity index (χ0v) is 12.6. The third-order valence-electron chi connectivity index (χ3n) is 3.58. The number of nitrogens with one attached hydrogen (secondary N) is 2. The van der Waals surface area contributed by atoms with Crippen LogP contribution in [0.5, 0.6) is 0 Å². The molecule has 2 heterocycles. The van der Waals surface area contributed by atoms with Gasteiger partial charge in [0.15, 0.2) is 0 Å². The Kier molecular flexibility index (Phi) is 3.37. The molecule has 1 aliphatic heterocycles. The molecule has 0 spiro atoms. The molecule has 1 amide bonds. The zero-order chi connectivity index (χ0) is 14.5. The fourth-order valence-corrected chi connectivity index (χ4v) is 3.19. The van der Waals surface area contributed by atoms with Crippen molar-refractivity contribution in [1.29, 1.82) is 0 Å². The first-order valence-corrected chi connectivity index (χ1v) is 7.23. The molecule has 0 fully saturated rings. The number of hydrogen-bond donors (Lipinski definition) is 3. The quantitative estimate of drug-likeness (QED) is 0.702. The Bertz CT molecular complexity index is 677. The van der Waals surface area contributed by atoms with Crippen LogP contribution in [0.15, 0.2) is 24.3 Å². The molecule has 2 aromatic rings. The van der Waals surface area contributed by atoms with Gasteiger partial charge in [-0.2, -0.15) is 0 Å². The number of hydrogen-bond acceptors (Lipinski definition) is 2. The van der Waals surface area contributed by atoms with Crippen molar-refractivity contribution in [2.75, 3.05) is 0 Å². The van der Waals surface area contributed by atoms with E-state index in [1.807, 2.05) is 24.3 Å². The van der Waals surface area contributed by atoms with Crippen molar-refractivity contribution < 1.29 is 4.79 Å². The number of amides is 1. The minimum Gasteiger partial charge on any atom is -0.368 e. The second kappa shape index (κ2) is 4.81.